The van der Waals surface area contributed by atoms with Gasteiger partial charge in [-0.05, 0) is 39.8 Å². The normalized spacial score (nSPS) is 12.6. The molecule has 1 unspecified atom stereocenters. The van der Waals surface area contributed by atoms with Crippen molar-refractivity contribution in [2.75, 3.05) is 0 Å². The quantitative estimate of drug-likeness (QED) is 0.600. The highest BCUT2D eigenvalue weighted by Crippen LogP contribution is 2.21. The molecule has 0 aliphatic heterocycles. The Morgan fingerprint density at radius 1 is 1.17 bits per heavy atom. The van der Waals surface area contributed by atoms with Gasteiger partial charge in [-0.3, -0.25) is 4.98 Å². The fourth-order valence-electron chi connectivity index (χ4n) is 2.35. The van der Waals surface area contributed by atoms with E-state index in [1.165, 1.54) is 11.7 Å². The predicted molar refractivity (Wildman–Crippen MR) is 84.6 cm³/mol. The number of rotatable bonds is 4. The summed E-state index contributed by atoms with van der Waals surface area (Å²) in [6.07, 6.45) is 3.51. The third-order valence-corrected chi connectivity index (χ3v) is 4.09. The zero-order valence-electron chi connectivity index (χ0n) is 11.9. The SMILES string of the molecule is NC(c1ccc2nsnc2c1)c1nnnn1Cc1cccnc1. The predicted octanol–water partition coefficient (Wildman–Crippen LogP) is 1.17. The van der Waals surface area contributed by atoms with Crippen molar-refractivity contribution < 1.29 is 0 Å². The lowest BCUT2D eigenvalue weighted by Gasteiger charge is -2.12. The van der Waals surface area contributed by atoms with Gasteiger partial charge < -0.3 is 5.73 Å². The molecule has 23 heavy (non-hydrogen) atoms. The van der Waals surface area contributed by atoms with E-state index in [2.05, 4.69) is 29.3 Å². The first kappa shape index (κ1) is 13.9. The second-order valence-corrected chi connectivity index (χ2v) is 5.57. The molecule has 3 heterocycles. The number of hydrogen-bond donors (Lipinski definition) is 1. The van der Waals surface area contributed by atoms with Gasteiger partial charge in [0.1, 0.15) is 11.0 Å². The summed E-state index contributed by atoms with van der Waals surface area (Å²) in [7, 11) is 0. The molecule has 4 rings (SSSR count). The van der Waals surface area contributed by atoms with Crippen molar-refractivity contribution in [1.29, 1.82) is 0 Å². The molecule has 4 aromatic rings. The third-order valence-electron chi connectivity index (χ3n) is 3.53. The standard InChI is InChI=1S/C14H12N8S/c15-13(10-3-4-11-12(6-10)19-23-18-11)14-17-20-21-22(14)8-9-2-1-5-16-7-9/h1-7,13H,8,15H2. The minimum absolute atomic E-state index is 0.437. The van der Waals surface area contributed by atoms with Crippen LogP contribution in [-0.4, -0.2) is 33.9 Å². The summed E-state index contributed by atoms with van der Waals surface area (Å²) in [5, 5.41) is 11.9. The van der Waals surface area contributed by atoms with Crippen LogP contribution in [0.3, 0.4) is 0 Å². The summed E-state index contributed by atoms with van der Waals surface area (Å²) in [4.78, 5) is 4.10. The maximum Gasteiger partial charge on any atom is 0.172 e. The number of nitrogens with two attached hydrogens (primary N) is 1. The van der Waals surface area contributed by atoms with Crippen molar-refractivity contribution in [1.82, 2.24) is 33.9 Å². The Morgan fingerprint density at radius 2 is 2.09 bits per heavy atom. The molecule has 0 amide bonds. The summed E-state index contributed by atoms with van der Waals surface area (Å²) >= 11 is 1.18. The molecule has 9 heteroatoms. The molecule has 0 bridgehead atoms. The highest BCUT2D eigenvalue weighted by atomic mass is 32.1. The first-order valence-corrected chi connectivity index (χ1v) is 7.67. The Morgan fingerprint density at radius 3 is 2.96 bits per heavy atom. The maximum absolute atomic E-state index is 6.35. The Kier molecular flexibility index (Phi) is 3.48. The van der Waals surface area contributed by atoms with Crippen molar-refractivity contribution in [2.24, 2.45) is 5.73 Å². The molecule has 0 saturated carbocycles. The minimum atomic E-state index is -0.437. The van der Waals surface area contributed by atoms with Crippen LogP contribution in [0.5, 0.6) is 0 Å². The van der Waals surface area contributed by atoms with Crippen LogP contribution in [-0.2, 0) is 6.54 Å². The minimum Gasteiger partial charge on any atom is -0.318 e. The molecule has 0 fully saturated rings. The van der Waals surface area contributed by atoms with Gasteiger partial charge in [-0.1, -0.05) is 12.1 Å². The van der Waals surface area contributed by atoms with Gasteiger partial charge >= 0.3 is 0 Å². The second kappa shape index (κ2) is 5.78. The van der Waals surface area contributed by atoms with E-state index in [4.69, 9.17) is 5.73 Å². The molecule has 3 aromatic heterocycles. The topological polar surface area (TPSA) is 108 Å². The highest BCUT2D eigenvalue weighted by molar-refractivity contribution is 7.00. The van der Waals surface area contributed by atoms with Crippen LogP contribution in [0.25, 0.3) is 11.0 Å². The van der Waals surface area contributed by atoms with Crippen LogP contribution in [0.1, 0.15) is 23.0 Å². The Balaban J connectivity index is 1.66. The highest BCUT2D eigenvalue weighted by Gasteiger charge is 2.18. The van der Waals surface area contributed by atoms with E-state index in [0.29, 0.717) is 12.4 Å². The molecular formula is C14H12N8S. The fourth-order valence-corrected chi connectivity index (χ4v) is 2.87. The summed E-state index contributed by atoms with van der Waals surface area (Å²) in [5.41, 5.74) is 9.94. The van der Waals surface area contributed by atoms with E-state index in [1.54, 1.807) is 17.1 Å². The van der Waals surface area contributed by atoms with Crippen molar-refractivity contribution in [3.05, 3.63) is 59.7 Å². The fraction of sp³-hybridized carbons (Fsp3) is 0.143. The molecule has 0 aliphatic carbocycles. The molecule has 0 spiro atoms. The molecule has 1 aromatic carbocycles. The molecule has 0 aliphatic rings. The van der Waals surface area contributed by atoms with Crippen molar-refractivity contribution in [3.63, 3.8) is 0 Å². The molecule has 114 valence electrons. The molecule has 2 N–H and O–H groups in total. The van der Waals surface area contributed by atoms with Crippen LogP contribution in [0.15, 0.2) is 42.7 Å². The average Bonchev–Trinajstić information content (AvgIpc) is 3.23. The van der Waals surface area contributed by atoms with E-state index in [9.17, 15) is 0 Å². The zero-order chi connectivity index (χ0) is 15.6. The summed E-state index contributed by atoms with van der Waals surface area (Å²) in [5.74, 6) is 0.594. The Labute approximate surface area is 135 Å². The maximum atomic E-state index is 6.35. The van der Waals surface area contributed by atoms with E-state index in [0.717, 1.165) is 22.2 Å². The van der Waals surface area contributed by atoms with Crippen molar-refractivity contribution >= 4 is 22.8 Å². The van der Waals surface area contributed by atoms with Gasteiger partial charge in [0.15, 0.2) is 5.82 Å². The van der Waals surface area contributed by atoms with Crippen molar-refractivity contribution in [3.8, 4) is 0 Å². The average molecular weight is 324 g/mol. The van der Waals surface area contributed by atoms with Gasteiger partial charge in [0, 0.05) is 12.4 Å². The number of tetrazole rings is 1. The molecule has 1 atom stereocenters. The lowest BCUT2D eigenvalue weighted by atomic mass is 10.1. The summed E-state index contributed by atoms with van der Waals surface area (Å²) in [6.45, 7) is 0.518. The number of hydrogen-bond acceptors (Lipinski definition) is 8. The van der Waals surface area contributed by atoms with Gasteiger partial charge in [0.25, 0.3) is 0 Å². The van der Waals surface area contributed by atoms with Gasteiger partial charge in [-0.2, -0.15) is 8.75 Å². The first-order chi connectivity index (χ1) is 11.3. The van der Waals surface area contributed by atoms with Crippen LogP contribution < -0.4 is 5.73 Å². The van der Waals surface area contributed by atoms with Crippen molar-refractivity contribution in [2.45, 2.75) is 12.6 Å². The zero-order valence-corrected chi connectivity index (χ0v) is 12.8. The lowest BCUT2D eigenvalue weighted by Crippen LogP contribution is -2.19. The van der Waals surface area contributed by atoms with Gasteiger partial charge in [0.2, 0.25) is 0 Å². The number of pyridine rings is 1. The van der Waals surface area contributed by atoms with Crippen LogP contribution in [0, 0.1) is 0 Å². The first-order valence-electron chi connectivity index (χ1n) is 6.94. The molecular weight excluding hydrogens is 312 g/mol. The lowest BCUT2D eigenvalue weighted by molar-refractivity contribution is 0.597. The Hall–Kier alpha value is -2.78. The van der Waals surface area contributed by atoms with Crippen LogP contribution >= 0.6 is 11.7 Å². The number of nitrogens with zero attached hydrogens (tertiary/aromatic N) is 7. The monoisotopic (exact) mass is 324 g/mol. The molecule has 8 nitrogen and oxygen atoms in total. The second-order valence-electron chi connectivity index (χ2n) is 5.05. The van der Waals surface area contributed by atoms with Gasteiger partial charge in [0.05, 0.1) is 24.3 Å². The summed E-state index contributed by atoms with van der Waals surface area (Å²) < 4.78 is 10.1. The molecule has 0 radical (unpaired) electrons. The number of aromatic nitrogens is 7. The van der Waals surface area contributed by atoms with E-state index < -0.39 is 6.04 Å². The van der Waals surface area contributed by atoms with Gasteiger partial charge in [-0.25, -0.2) is 4.68 Å². The van der Waals surface area contributed by atoms with Crippen LogP contribution in [0.2, 0.25) is 0 Å². The van der Waals surface area contributed by atoms with E-state index in [-0.39, 0.29) is 0 Å². The number of benzene rings is 1. The van der Waals surface area contributed by atoms with E-state index >= 15 is 0 Å². The summed E-state index contributed by atoms with van der Waals surface area (Å²) in [6, 6.07) is 9.17. The largest absolute Gasteiger partial charge is 0.318 e. The third kappa shape index (κ3) is 2.67. The molecule has 0 saturated heterocycles. The van der Waals surface area contributed by atoms with E-state index in [1.807, 2.05) is 30.3 Å². The Bertz CT molecular complexity index is 932. The van der Waals surface area contributed by atoms with Gasteiger partial charge in [-0.15, -0.1) is 5.10 Å². The van der Waals surface area contributed by atoms with Crippen LogP contribution in [0.4, 0.5) is 0 Å². The number of fused-ring (bicyclic) bond motifs is 1. The smallest absolute Gasteiger partial charge is 0.172 e.